The van der Waals surface area contributed by atoms with Crippen LogP contribution in [0.1, 0.15) is 23.5 Å². The van der Waals surface area contributed by atoms with Gasteiger partial charge in [0.25, 0.3) is 5.91 Å². The van der Waals surface area contributed by atoms with Gasteiger partial charge in [-0.3, -0.25) is 14.9 Å². The Morgan fingerprint density at radius 2 is 2.07 bits per heavy atom. The minimum absolute atomic E-state index is 0.137. The van der Waals surface area contributed by atoms with Gasteiger partial charge >= 0.3 is 0 Å². The molecule has 10 heteroatoms. The Bertz CT molecular complexity index is 943. The highest BCUT2D eigenvalue weighted by Gasteiger charge is 2.17. The zero-order valence-electron chi connectivity index (χ0n) is 15.2. The van der Waals surface area contributed by atoms with Crippen LogP contribution in [0.15, 0.2) is 51.8 Å². The zero-order valence-corrected chi connectivity index (χ0v) is 18.4. The molecule has 0 fully saturated rings. The van der Waals surface area contributed by atoms with Crippen LogP contribution in [0.3, 0.4) is 0 Å². The summed E-state index contributed by atoms with van der Waals surface area (Å²) in [5.41, 5.74) is 0.696. The van der Waals surface area contributed by atoms with Gasteiger partial charge < -0.3 is 5.32 Å². The molecule has 28 heavy (non-hydrogen) atoms. The minimum atomic E-state index is -0.325. The van der Waals surface area contributed by atoms with Gasteiger partial charge in [-0.15, -0.1) is 23.1 Å². The van der Waals surface area contributed by atoms with Crippen molar-refractivity contribution in [2.45, 2.75) is 29.1 Å². The highest BCUT2D eigenvalue weighted by molar-refractivity contribution is 8.00. The number of aromatic nitrogens is 2. The van der Waals surface area contributed by atoms with Crippen molar-refractivity contribution in [3.05, 3.63) is 46.7 Å². The molecule has 2 aromatic heterocycles. The smallest absolute Gasteiger partial charge is 0.265 e. The topological polar surface area (TPSA) is 84.0 Å². The molecule has 2 heterocycles. The molecule has 146 valence electrons. The van der Waals surface area contributed by atoms with Crippen LogP contribution in [0.2, 0.25) is 0 Å². The minimum Gasteiger partial charge on any atom is -0.321 e. The molecular weight excluding hydrogens is 432 g/mol. The summed E-state index contributed by atoms with van der Waals surface area (Å²) in [6.07, 6.45) is 0. The number of hydrogen-bond acceptors (Lipinski definition) is 8. The third-order valence-electron chi connectivity index (χ3n) is 3.43. The Morgan fingerprint density at radius 3 is 2.82 bits per heavy atom. The largest absolute Gasteiger partial charge is 0.321 e. The molecule has 0 spiro atoms. The monoisotopic (exact) mass is 450 g/mol. The van der Waals surface area contributed by atoms with Crippen LogP contribution < -0.4 is 10.6 Å². The van der Waals surface area contributed by atoms with Crippen molar-refractivity contribution in [2.75, 3.05) is 16.4 Å². The molecule has 3 aromatic rings. The van der Waals surface area contributed by atoms with Crippen LogP contribution in [0.25, 0.3) is 0 Å². The third kappa shape index (κ3) is 5.81. The predicted molar refractivity (Wildman–Crippen MR) is 119 cm³/mol. The van der Waals surface area contributed by atoms with Crippen molar-refractivity contribution >= 4 is 69.0 Å². The molecule has 0 aliphatic carbocycles. The highest BCUT2D eigenvalue weighted by Crippen LogP contribution is 2.27. The van der Waals surface area contributed by atoms with E-state index in [2.05, 4.69) is 20.0 Å². The number of carbonyl (C=O) groups excluding carboxylic acids is 2. The summed E-state index contributed by atoms with van der Waals surface area (Å²) in [6, 6.07) is 11.1. The Hall–Kier alpha value is -1.88. The van der Waals surface area contributed by atoms with Gasteiger partial charge in [-0.1, -0.05) is 30.8 Å². The van der Waals surface area contributed by atoms with Crippen LogP contribution >= 0.6 is 46.4 Å². The summed E-state index contributed by atoms with van der Waals surface area (Å²) in [7, 11) is 0. The van der Waals surface area contributed by atoms with Gasteiger partial charge in [0.1, 0.15) is 0 Å². The number of nitrogens with one attached hydrogen (secondary N) is 2. The van der Waals surface area contributed by atoms with E-state index in [0.717, 1.165) is 10.6 Å². The van der Waals surface area contributed by atoms with Gasteiger partial charge in [0.05, 0.1) is 10.1 Å². The van der Waals surface area contributed by atoms with Crippen molar-refractivity contribution in [1.29, 1.82) is 0 Å². The van der Waals surface area contributed by atoms with Crippen molar-refractivity contribution in [3.63, 3.8) is 0 Å². The molecule has 0 saturated carbocycles. The molecule has 2 N–H and O–H groups in total. The summed E-state index contributed by atoms with van der Waals surface area (Å²) >= 11 is 5.53. The lowest BCUT2D eigenvalue weighted by Crippen LogP contribution is -2.22. The molecule has 0 aliphatic rings. The summed E-state index contributed by atoms with van der Waals surface area (Å²) in [5, 5.41) is 8.41. The van der Waals surface area contributed by atoms with Gasteiger partial charge in [-0.2, -0.15) is 9.36 Å². The SMILES string of the molecule is CCSc1nsc(NC(=O)C(C)Sc2cccc(NC(=O)c3cccs3)c2)n1. The number of thiophene rings is 1. The number of anilines is 2. The van der Waals surface area contributed by atoms with Crippen molar-refractivity contribution < 1.29 is 9.59 Å². The maximum atomic E-state index is 12.4. The van der Waals surface area contributed by atoms with Crippen LogP contribution in [0, 0.1) is 0 Å². The van der Waals surface area contributed by atoms with E-state index in [9.17, 15) is 9.59 Å². The van der Waals surface area contributed by atoms with Gasteiger partial charge in [0, 0.05) is 22.1 Å². The lowest BCUT2D eigenvalue weighted by Gasteiger charge is -2.11. The fourth-order valence-electron chi connectivity index (χ4n) is 2.16. The first-order valence-electron chi connectivity index (χ1n) is 8.44. The van der Waals surface area contributed by atoms with Gasteiger partial charge in [-0.05, 0) is 42.3 Å². The Morgan fingerprint density at radius 1 is 1.21 bits per heavy atom. The quantitative estimate of drug-likeness (QED) is 0.466. The Labute approximate surface area is 179 Å². The summed E-state index contributed by atoms with van der Waals surface area (Å²) in [4.78, 5) is 30.5. The molecule has 1 atom stereocenters. The van der Waals surface area contributed by atoms with Crippen LogP contribution in [0.5, 0.6) is 0 Å². The molecule has 1 aromatic carbocycles. The van der Waals surface area contributed by atoms with Gasteiger partial charge in [0.2, 0.25) is 16.2 Å². The first-order valence-corrected chi connectivity index (χ1v) is 12.0. The molecule has 6 nitrogen and oxygen atoms in total. The maximum absolute atomic E-state index is 12.4. The molecule has 0 aliphatic heterocycles. The number of carbonyl (C=O) groups is 2. The molecule has 1 unspecified atom stereocenters. The zero-order chi connectivity index (χ0) is 19.9. The average Bonchev–Trinajstić information content (AvgIpc) is 3.34. The fraction of sp³-hybridized carbons (Fsp3) is 0.222. The van der Waals surface area contributed by atoms with Crippen molar-refractivity contribution in [3.8, 4) is 0 Å². The van der Waals surface area contributed by atoms with E-state index >= 15 is 0 Å². The van der Waals surface area contributed by atoms with E-state index in [4.69, 9.17) is 0 Å². The van der Waals surface area contributed by atoms with Crippen molar-refractivity contribution in [2.24, 2.45) is 0 Å². The standard InChI is InChI=1S/C18H18N4O2S4/c1-3-25-18-21-17(28-22-18)20-15(23)11(2)27-13-7-4-6-12(10-13)19-16(24)14-8-5-9-26-14/h4-11H,3H2,1-2H3,(H,19,24)(H,20,21,22,23). The van der Waals surface area contributed by atoms with E-state index in [0.29, 0.717) is 20.9 Å². The fourth-order valence-corrected chi connectivity index (χ4v) is 4.98. The summed E-state index contributed by atoms with van der Waals surface area (Å²) in [5.74, 6) is 0.609. The lowest BCUT2D eigenvalue weighted by atomic mass is 10.3. The maximum Gasteiger partial charge on any atom is 0.265 e. The first kappa shape index (κ1) is 20.8. The number of nitrogens with zero attached hydrogens (tertiary/aromatic N) is 2. The number of thioether (sulfide) groups is 2. The number of amides is 2. The van der Waals surface area contributed by atoms with E-state index in [1.807, 2.05) is 49.6 Å². The average molecular weight is 451 g/mol. The molecular formula is C18H18N4O2S4. The predicted octanol–water partition coefficient (Wildman–Crippen LogP) is 5.08. The normalized spacial score (nSPS) is 11.8. The second-order valence-corrected chi connectivity index (χ2v) is 9.87. The van der Waals surface area contributed by atoms with Crippen LogP contribution in [0.4, 0.5) is 10.8 Å². The first-order chi connectivity index (χ1) is 13.5. The number of rotatable bonds is 8. The molecule has 3 rings (SSSR count). The van der Waals surface area contributed by atoms with Crippen LogP contribution in [-0.4, -0.2) is 32.2 Å². The summed E-state index contributed by atoms with van der Waals surface area (Å²) < 4.78 is 4.20. The molecule has 2 amide bonds. The Kier molecular flexibility index (Phi) is 7.49. The van der Waals surface area contributed by atoms with Gasteiger partial charge in [-0.25, -0.2) is 0 Å². The van der Waals surface area contributed by atoms with E-state index in [1.54, 1.807) is 6.07 Å². The molecule has 0 radical (unpaired) electrons. The summed E-state index contributed by atoms with van der Waals surface area (Å²) in [6.45, 7) is 3.86. The molecule has 0 bridgehead atoms. The second kappa shape index (κ2) is 10.1. The van der Waals surface area contributed by atoms with Gasteiger partial charge in [0.15, 0.2) is 0 Å². The second-order valence-electron chi connectivity index (χ2n) is 5.52. The Balaban J connectivity index is 1.57. The van der Waals surface area contributed by atoms with Crippen LogP contribution in [-0.2, 0) is 4.79 Å². The van der Waals surface area contributed by atoms with E-state index in [1.165, 1.54) is 46.4 Å². The third-order valence-corrected chi connectivity index (χ3v) is 6.87. The van der Waals surface area contributed by atoms with E-state index in [-0.39, 0.29) is 17.1 Å². The lowest BCUT2D eigenvalue weighted by molar-refractivity contribution is -0.115. The highest BCUT2D eigenvalue weighted by atomic mass is 32.2. The number of benzene rings is 1. The number of hydrogen-bond donors (Lipinski definition) is 2. The van der Waals surface area contributed by atoms with E-state index < -0.39 is 0 Å². The van der Waals surface area contributed by atoms with Crippen molar-refractivity contribution in [1.82, 2.24) is 9.36 Å². The molecule has 0 saturated heterocycles.